The molecule has 0 aliphatic heterocycles. The number of fused-ring (bicyclic) bond motifs is 1. The number of hydrogen-bond donors (Lipinski definition) is 3. The number of hydrogen-bond acceptors (Lipinski definition) is 4. The summed E-state index contributed by atoms with van der Waals surface area (Å²) in [7, 11) is 0. The lowest BCUT2D eigenvalue weighted by Crippen LogP contribution is -2.28. The molecule has 0 aliphatic rings. The number of carbonyl (C=O) groups is 1. The van der Waals surface area contributed by atoms with Crippen molar-refractivity contribution in [2.75, 3.05) is 6.54 Å². The fraction of sp³-hybridized carbons (Fsp3) is 0.308. The Morgan fingerprint density at radius 1 is 1.39 bits per heavy atom. The van der Waals surface area contributed by atoms with E-state index >= 15 is 0 Å². The average Bonchev–Trinajstić information content (AvgIpc) is 2.72. The molecule has 0 fully saturated rings. The standard InChI is InChI=1S/C13H15NO3S/c15-10(5-13(16)17)7-14-6-9-8-18-12-4-2-1-3-11(9)12/h1-4,8,10,14-15H,5-7H2,(H,16,17). The van der Waals surface area contributed by atoms with Crippen LogP contribution in [0.5, 0.6) is 0 Å². The Morgan fingerprint density at radius 3 is 2.94 bits per heavy atom. The van der Waals surface area contributed by atoms with Crippen LogP contribution in [0.3, 0.4) is 0 Å². The molecule has 1 atom stereocenters. The zero-order valence-corrected chi connectivity index (χ0v) is 10.6. The van der Waals surface area contributed by atoms with Gasteiger partial charge in [0.2, 0.25) is 0 Å². The summed E-state index contributed by atoms with van der Waals surface area (Å²) in [6.07, 6.45) is -1.07. The van der Waals surface area contributed by atoms with Gasteiger partial charge in [-0.1, -0.05) is 18.2 Å². The monoisotopic (exact) mass is 265 g/mol. The molecule has 18 heavy (non-hydrogen) atoms. The van der Waals surface area contributed by atoms with Crippen molar-refractivity contribution in [2.24, 2.45) is 0 Å². The first-order valence-electron chi connectivity index (χ1n) is 5.72. The highest BCUT2D eigenvalue weighted by molar-refractivity contribution is 7.17. The second kappa shape index (κ2) is 5.95. The first kappa shape index (κ1) is 13.0. The van der Waals surface area contributed by atoms with Crippen molar-refractivity contribution in [3.63, 3.8) is 0 Å². The summed E-state index contributed by atoms with van der Waals surface area (Å²) in [6, 6.07) is 8.14. The van der Waals surface area contributed by atoms with E-state index in [2.05, 4.69) is 22.8 Å². The normalized spacial score (nSPS) is 12.7. The number of nitrogens with one attached hydrogen (secondary N) is 1. The molecule has 0 bridgehead atoms. The van der Waals surface area contributed by atoms with Crippen LogP contribution >= 0.6 is 11.3 Å². The van der Waals surface area contributed by atoms with Crippen molar-refractivity contribution in [3.8, 4) is 0 Å². The number of aliphatic hydroxyl groups is 1. The number of rotatable bonds is 6. The van der Waals surface area contributed by atoms with Gasteiger partial charge in [-0.2, -0.15) is 0 Å². The summed E-state index contributed by atoms with van der Waals surface area (Å²) >= 11 is 1.69. The molecule has 1 aromatic heterocycles. The molecule has 2 aromatic rings. The van der Waals surface area contributed by atoms with Gasteiger partial charge in [0, 0.05) is 17.8 Å². The summed E-state index contributed by atoms with van der Waals surface area (Å²) < 4.78 is 1.24. The topological polar surface area (TPSA) is 69.6 Å². The molecule has 3 N–H and O–H groups in total. The molecule has 2 rings (SSSR count). The summed E-state index contributed by atoms with van der Waals surface area (Å²) in [4.78, 5) is 10.4. The van der Waals surface area contributed by atoms with Gasteiger partial charge in [0.25, 0.3) is 0 Å². The SMILES string of the molecule is O=C(O)CC(O)CNCc1csc2ccccc12. The second-order valence-corrected chi connectivity index (χ2v) is 5.05. The molecule has 0 saturated heterocycles. The molecule has 0 aliphatic carbocycles. The fourth-order valence-electron chi connectivity index (χ4n) is 1.82. The second-order valence-electron chi connectivity index (χ2n) is 4.14. The van der Waals surface area contributed by atoms with Crippen LogP contribution in [0.2, 0.25) is 0 Å². The summed E-state index contributed by atoms with van der Waals surface area (Å²) in [5, 5.41) is 24.3. The minimum absolute atomic E-state index is 0.225. The largest absolute Gasteiger partial charge is 0.481 e. The smallest absolute Gasteiger partial charge is 0.306 e. The summed E-state index contributed by atoms with van der Waals surface area (Å²) in [6.45, 7) is 0.928. The van der Waals surface area contributed by atoms with Crippen molar-refractivity contribution in [1.29, 1.82) is 0 Å². The first-order valence-corrected chi connectivity index (χ1v) is 6.60. The molecular formula is C13H15NO3S. The lowest BCUT2D eigenvalue weighted by atomic mass is 10.2. The highest BCUT2D eigenvalue weighted by atomic mass is 32.1. The van der Waals surface area contributed by atoms with Crippen LogP contribution in [0, 0.1) is 0 Å². The Hall–Kier alpha value is -1.43. The Morgan fingerprint density at radius 2 is 2.17 bits per heavy atom. The molecule has 1 aromatic carbocycles. The van der Waals surface area contributed by atoms with Gasteiger partial charge in [-0.15, -0.1) is 11.3 Å². The van der Waals surface area contributed by atoms with E-state index in [0.29, 0.717) is 6.54 Å². The van der Waals surface area contributed by atoms with Gasteiger partial charge in [-0.3, -0.25) is 4.79 Å². The minimum Gasteiger partial charge on any atom is -0.481 e. The van der Waals surface area contributed by atoms with Crippen molar-refractivity contribution >= 4 is 27.4 Å². The zero-order chi connectivity index (χ0) is 13.0. The van der Waals surface area contributed by atoms with Crippen molar-refractivity contribution in [3.05, 3.63) is 35.2 Å². The molecule has 1 heterocycles. The molecule has 0 spiro atoms. The molecule has 4 nitrogen and oxygen atoms in total. The van der Waals surface area contributed by atoms with E-state index in [1.807, 2.05) is 12.1 Å². The van der Waals surface area contributed by atoms with Crippen LogP contribution in [-0.2, 0) is 11.3 Å². The van der Waals surface area contributed by atoms with Crippen LogP contribution in [0.25, 0.3) is 10.1 Å². The van der Waals surface area contributed by atoms with E-state index < -0.39 is 12.1 Å². The Bertz CT molecular complexity index is 538. The van der Waals surface area contributed by atoms with E-state index in [4.69, 9.17) is 5.11 Å². The Labute approximate surface area is 109 Å². The maximum absolute atomic E-state index is 10.4. The maximum atomic E-state index is 10.4. The predicted molar refractivity (Wildman–Crippen MR) is 71.8 cm³/mol. The third-order valence-electron chi connectivity index (χ3n) is 2.67. The molecule has 96 valence electrons. The van der Waals surface area contributed by atoms with Crippen molar-refractivity contribution < 1.29 is 15.0 Å². The third-order valence-corrected chi connectivity index (χ3v) is 3.68. The highest BCUT2D eigenvalue weighted by Gasteiger charge is 2.09. The van der Waals surface area contributed by atoms with E-state index in [1.54, 1.807) is 11.3 Å². The van der Waals surface area contributed by atoms with Crippen LogP contribution in [-0.4, -0.2) is 28.8 Å². The summed E-state index contributed by atoms with van der Waals surface area (Å²) in [5.41, 5.74) is 1.18. The van der Waals surface area contributed by atoms with Gasteiger partial charge in [0.15, 0.2) is 0 Å². The maximum Gasteiger partial charge on any atom is 0.306 e. The van der Waals surface area contributed by atoms with Crippen LogP contribution < -0.4 is 5.32 Å². The quantitative estimate of drug-likeness (QED) is 0.745. The van der Waals surface area contributed by atoms with Crippen LogP contribution in [0.4, 0.5) is 0 Å². The van der Waals surface area contributed by atoms with Crippen molar-refractivity contribution in [2.45, 2.75) is 19.1 Å². The fourth-order valence-corrected chi connectivity index (χ4v) is 2.78. The number of benzene rings is 1. The Kier molecular flexibility index (Phi) is 4.30. The molecule has 0 radical (unpaired) electrons. The molecule has 5 heteroatoms. The number of aliphatic carboxylic acids is 1. The molecular weight excluding hydrogens is 250 g/mol. The van der Waals surface area contributed by atoms with Crippen LogP contribution in [0.15, 0.2) is 29.6 Å². The summed E-state index contributed by atoms with van der Waals surface area (Å²) in [5.74, 6) is -0.981. The Balaban J connectivity index is 1.89. The lowest BCUT2D eigenvalue weighted by Gasteiger charge is -2.09. The van der Waals surface area contributed by atoms with Crippen LogP contribution in [0.1, 0.15) is 12.0 Å². The van der Waals surface area contributed by atoms with Gasteiger partial charge in [0.05, 0.1) is 12.5 Å². The minimum atomic E-state index is -0.981. The van der Waals surface area contributed by atoms with E-state index in [0.717, 1.165) is 0 Å². The van der Waals surface area contributed by atoms with Gasteiger partial charge in [-0.25, -0.2) is 0 Å². The predicted octanol–water partition coefficient (Wildman–Crippen LogP) is 1.83. The molecule has 1 unspecified atom stereocenters. The number of carboxylic acid groups (broad SMARTS) is 1. The van der Waals surface area contributed by atoms with Gasteiger partial charge in [0.1, 0.15) is 0 Å². The molecule has 0 amide bonds. The molecule has 0 saturated carbocycles. The van der Waals surface area contributed by atoms with E-state index in [-0.39, 0.29) is 13.0 Å². The lowest BCUT2D eigenvalue weighted by molar-refractivity contribution is -0.139. The first-order chi connectivity index (χ1) is 8.66. The van der Waals surface area contributed by atoms with Crippen molar-refractivity contribution in [1.82, 2.24) is 5.32 Å². The van der Waals surface area contributed by atoms with E-state index in [1.165, 1.54) is 15.6 Å². The number of carboxylic acids is 1. The average molecular weight is 265 g/mol. The third kappa shape index (κ3) is 3.29. The van der Waals surface area contributed by atoms with Gasteiger partial charge >= 0.3 is 5.97 Å². The number of thiophene rings is 1. The number of aliphatic hydroxyl groups excluding tert-OH is 1. The van der Waals surface area contributed by atoms with Gasteiger partial charge in [-0.05, 0) is 22.4 Å². The zero-order valence-electron chi connectivity index (χ0n) is 9.80. The van der Waals surface area contributed by atoms with Gasteiger partial charge < -0.3 is 15.5 Å². The highest BCUT2D eigenvalue weighted by Crippen LogP contribution is 2.25. The van der Waals surface area contributed by atoms with E-state index in [9.17, 15) is 9.90 Å².